The SMILES string of the molecule is CC/C=C\C/C=C\C/C=C\C/C=C\C/C=C\CCCC(=O)OCC(COP(=O)(O)OCC(O)COP(=O)(O)OCC(COC(=O)CCCC/C=C\C/C=C\C/C=C\C/C=C\CC)OC(=O)CCCCCCCCCCCCCCC)OC(=O)CCCCCCC/C=C\C/C=C\C/C=C\CC. The number of aliphatic hydroxyl groups excluding tert-OH is 1. The van der Waals surface area contributed by atoms with Crippen LogP contribution in [0.15, 0.2) is 146 Å². The van der Waals surface area contributed by atoms with Crippen LogP contribution < -0.4 is 0 Å². The molecule has 0 aromatic heterocycles. The van der Waals surface area contributed by atoms with Crippen molar-refractivity contribution >= 4 is 39.5 Å². The lowest BCUT2D eigenvalue weighted by Gasteiger charge is -2.21. The number of phosphoric acid groups is 2. The number of esters is 4. The van der Waals surface area contributed by atoms with Gasteiger partial charge in [-0.1, -0.05) is 270 Å². The third-order valence-electron chi connectivity index (χ3n) is 15.3. The minimum atomic E-state index is -5.00. The summed E-state index contributed by atoms with van der Waals surface area (Å²) in [5, 5.41) is 10.6. The fourth-order valence-electron chi connectivity index (χ4n) is 9.61. The molecule has 0 rings (SSSR count). The Morgan fingerprint density at radius 2 is 0.530 bits per heavy atom. The van der Waals surface area contributed by atoms with Gasteiger partial charge in [-0.05, 0) is 135 Å². The molecule has 0 aliphatic rings. The molecule has 0 amide bonds. The molecule has 0 saturated carbocycles. The zero-order chi connectivity index (χ0) is 73.2. The van der Waals surface area contributed by atoms with Gasteiger partial charge < -0.3 is 33.8 Å². The van der Waals surface area contributed by atoms with Gasteiger partial charge in [-0.15, -0.1) is 0 Å². The highest BCUT2D eigenvalue weighted by molar-refractivity contribution is 7.47. The van der Waals surface area contributed by atoms with E-state index in [4.69, 9.17) is 37.0 Å². The Kier molecular flexibility index (Phi) is 68.6. The third kappa shape index (κ3) is 71.3. The van der Waals surface area contributed by atoms with Gasteiger partial charge in [-0.3, -0.25) is 37.3 Å². The average molecular weight is 1440 g/mol. The van der Waals surface area contributed by atoms with Crippen molar-refractivity contribution in [3.63, 3.8) is 0 Å². The molecule has 0 bridgehead atoms. The number of carbonyl (C=O) groups is 4. The third-order valence-corrected chi connectivity index (χ3v) is 17.2. The molecule has 0 radical (unpaired) electrons. The summed E-state index contributed by atoms with van der Waals surface area (Å²) in [6.07, 6.45) is 81.4. The molecule has 0 fully saturated rings. The van der Waals surface area contributed by atoms with Crippen LogP contribution in [0.5, 0.6) is 0 Å². The van der Waals surface area contributed by atoms with Crippen molar-refractivity contribution < 1.29 is 80.2 Å². The van der Waals surface area contributed by atoms with Gasteiger partial charge in [-0.2, -0.15) is 0 Å². The van der Waals surface area contributed by atoms with E-state index in [-0.39, 0.29) is 25.7 Å². The maximum absolute atomic E-state index is 13.1. The lowest BCUT2D eigenvalue weighted by molar-refractivity contribution is -0.161. The Bertz CT molecular complexity index is 2470. The summed E-state index contributed by atoms with van der Waals surface area (Å²) in [5.74, 6) is -2.31. The second kappa shape index (κ2) is 72.3. The van der Waals surface area contributed by atoms with E-state index in [1.807, 2.05) is 12.2 Å². The summed E-state index contributed by atoms with van der Waals surface area (Å²) in [6.45, 7) is 4.39. The van der Waals surface area contributed by atoms with Gasteiger partial charge in [0.05, 0.1) is 26.4 Å². The normalized spacial score (nSPS) is 14.8. The number of carbonyl (C=O) groups excluding carboxylic acids is 4. The van der Waals surface area contributed by atoms with E-state index in [1.165, 1.54) is 51.4 Å². The first-order chi connectivity index (χ1) is 48.7. The standard InChI is InChI=1S/C81H134O17P2/c1-5-9-13-17-21-25-29-33-36-37-40-43-46-50-54-58-62-66-79(84)92-72-77(98-81(86)68-64-60-56-52-48-44-39-35-31-27-23-19-15-11-7-3)74-96-100(89,90)94-70-75(82)69-93-99(87,88)95-73-76(97-80(85)67-63-59-55-51-47-41-32-28-24-20-16-12-8-4)71-91-78(83)65-61-57-53-49-45-42-38-34-30-26-22-18-14-10-6-2/h9-11,13-15,21-23,25-27,33-36,38-40,43,45,49-50,54,75-77,82H,5-8,12,16-20,24,28-32,37,41-42,44,46-48,51-53,55-74H2,1-4H3,(H,87,88)(H,89,90)/b13-9-,14-10-,15-11-,25-21-,26-22-,27-23-,36-33-,38-34-,39-35-,43-40-,49-45-,54-50-. The number of unbranched alkanes of at least 4 members (excludes halogenated alkanes) is 20. The van der Waals surface area contributed by atoms with Crippen molar-refractivity contribution in [2.75, 3.05) is 39.6 Å². The predicted molar refractivity (Wildman–Crippen MR) is 408 cm³/mol. The first kappa shape index (κ1) is 94.9. The molecule has 0 aliphatic carbocycles. The highest BCUT2D eigenvalue weighted by Crippen LogP contribution is 2.45. The highest BCUT2D eigenvalue weighted by atomic mass is 31.2. The van der Waals surface area contributed by atoms with Crippen LogP contribution in [-0.4, -0.2) is 96.7 Å². The van der Waals surface area contributed by atoms with Gasteiger partial charge in [0, 0.05) is 25.7 Å². The number of allylic oxidation sites excluding steroid dienone is 24. The van der Waals surface area contributed by atoms with Gasteiger partial charge in [0.2, 0.25) is 0 Å². The van der Waals surface area contributed by atoms with Gasteiger partial charge in [0.25, 0.3) is 0 Å². The Labute approximate surface area is 605 Å². The Balaban J connectivity index is 5.45. The molecule has 3 N–H and O–H groups in total. The molecule has 0 saturated heterocycles. The second-order valence-electron chi connectivity index (χ2n) is 24.8. The Hall–Kier alpha value is -5.06. The Morgan fingerprint density at radius 3 is 0.860 bits per heavy atom. The summed E-state index contributed by atoms with van der Waals surface area (Å²) in [5.41, 5.74) is 0. The smallest absolute Gasteiger partial charge is 0.462 e. The van der Waals surface area contributed by atoms with Crippen LogP contribution in [0, 0.1) is 0 Å². The number of hydrogen-bond donors (Lipinski definition) is 3. The molecule has 570 valence electrons. The summed E-state index contributed by atoms with van der Waals surface area (Å²) < 4.78 is 68.4. The van der Waals surface area contributed by atoms with Gasteiger partial charge in [0.1, 0.15) is 19.3 Å². The van der Waals surface area contributed by atoms with E-state index in [0.717, 1.165) is 148 Å². The zero-order valence-corrected chi connectivity index (χ0v) is 63.9. The van der Waals surface area contributed by atoms with Crippen molar-refractivity contribution in [1.82, 2.24) is 0 Å². The van der Waals surface area contributed by atoms with Crippen molar-refractivity contribution in [1.29, 1.82) is 0 Å². The van der Waals surface area contributed by atoms with E-state index in [1.54, 1.807) is 0 Å². The van der Waals surface area contributed by atoms with Crippen LogP contribution >= 0.6 is 15.6 Å². The molecule has 17 nitrogen and oxygen atoms in total. The molecule has 0 aliphatic heterocycles. The topological polar surface area (TPSA) is 237 Å². The largest absolute Gasteiger partial charge is 0.472 e. The quantitative estimate of drug-likeness (QED) is 0.0169. The van der Waals surface area contributed by atoms with Gasteiger partial charge in [-0.25, -0.2) is 9.13 Å². The minimum Gasteiger partial charge on any atom is -0.462 e. The number of hydrogen-bond acceptors (Lipinski definition) is 15. The van der Waals surface area contributed by atoms with Crippen LogP contribution in [0.4, 0.5) is 0 Å². The van der Waals surface area contributed by atoms with Crippen LogP contribution in [-0.2, 0) is 65.4 Å². The molecular formula is C81H134O17P2. The Morgan fingerprint density at radius 1 is 0.290 bits per heavy atom. The fraction of sp³-hybridized carbons (Fsp3) is 0.654. The molecule has 5 atom stereocenters. The van der Waals surface area contributed by atoms with Crippen LogP contribution in [0.1, 0.15) is 285 Å². The molecule has 5 unspecified atom stereocenters. The number of phosphoric ester groups is 2. The van der Waals surface area contributed by atoms with E-state index >= 15 is 0 Å². The maximum Gasteiger partial charge on any atom is 0.472 e. The zero-order valence-electron chi connectivity index (χ0n) is 62.1. The second-order valence-corrected chi connectivity index (χ2v) is 27.7. The van der Waals surface area contributed by atoms with E-state index in [9.17, 15) is 43.2 Å². The number of ether oxygens (including phenoxy) is 4. The fourth-order valence-corrected chi connectivity index (χ4v) is 11.2. The first-order valence-corrected chi connectivity index (χ1v) is 41.1. The van der Waals surface area contributed by atoms with Crippen molar-refractivity contribution in [3.05, 3.63) is 146 Å². The summed E-state index contributed by atoms with van der Waals surface area (Å²) in [7, 11) is -9.99. The van der Waals surface area contributed by atoms with Crippen LogP contribution in [0.2, 0.25) is 0 Å². The molecular weight excluding hydrogens is 1310 g/mol. The number of rotatable bonds is 70. The minimum absolute atomic E-state index is 0.0582. The summed E-state index contributed by atoms with van der Waals surface area (Å²) in [6, 6.07) is 0. The molecule has 19 heteroatoms. The molecule has 100 heavy (non-hydrogen) atoms. The van der Waals surface area contributed by atoms with Gasteiger partial charge >= 0.3 is 39.5 Å². The molecule has 0 spiro atoms. The predicted octanol–water partition coefficient (Wildman–Crippen LogP) is 21.9. The molecule has 0 aromatic carbocycles. The van der Waals surface area contributed by atoms with Crippen LogP contribution in [0.3, 0.4) is 0 Å². The highest BCUT2D eigenvalue weighted by Gasteiger charge is 2.30. The van der Waals surface area contributed by atoms with E-state index < -0.39 is 97.5 Å². The number of aliphatic hydroxyl groups is 1. The van der Waals surface area contributed by atoms with Crippen molar-refractivity contribution in [2.24, 2.45) is 0 Å². The first-order valence-electron chi connectivity index (χ1n) is 38.1. The van der Waals surface area contributed by atoms with Crippen molar-refractivity contribution in [2.45, 2.75) is 303 Å². The van der Waals surface area contributed by atoms with Gasteiger partial charge in [0.15, 0.2) is 12.2 Å². The van der Waals surface area contributed by atoms with Crippen molar-refractivity contribution in [3.8, 4) is 0 Å². The lowest BCUT2D eigenvalue weighted by Crippen LogP contribution is -2.30. The molecule has 0 heterocycles. The van der Waals surface area contributed by atoms with Crippen LogP contribution in [0.25, 0.3) is 0 Å². The van der Waals surface area contributed by atoms with E-state index in [2.05, 4.69) is 161 Å². The average Bonchev–Trinajstić information content (AvgIpc) is 1.06. The lowest BCUT2D eigenvalue weighted by atomic mass is 10.0. The maximum atomic E-state index is 13.1. The van der Waals surface area contributed by atoms with E-state index in [0.29, 0.717) is 32.1 Å². The monoisotopic (exact) mass is 1440 g/mol. The summed E-state index contributed by atoms with van der Waals surface area (Å²) in [4.78, 5) is 72.8. The summed E-state index contributed by atoms with van der Waals surface area (Å²) >= 11 is 0. The molecule has 0 aromatic rings.